The van der Waals surface area contributed by atoms with E-state index in [4.69, 9.17) is 21.4 Å². The highest BCUT2D eigenvalue weighted by atomic mass is 35.5. The van der Waals surface area contributed by atoms with Gasteiger partial charge in [0.15, 0.2) is 0 Å². The Morgan fingerprint density at radius 3 is 2.33 bits per heavy atom. The number of carboxylic acids is 1. The Balaban J connectivity index is 1.73. The predicted molar refractivity (Wildman–Crippen MR) is 116 cm³/mol. The maximum Gasteiger partial charge on any atom is 0.335 e. The largest absolute Gasteiger partial charge is 0.489 e. The van der Waals surface area contributed by atoms with Crippen molar-refractivity contribution in [3.8, 4) is 5.75 Å². The van der Waals surface area contributed by atoms with Crippen molar-refractivity contribution >= 4 is 23.5 Å². The van der Waals surface area contributed by atoms with Gasteiger partial charge in [0.2, 0.25) is 0 Å². The third kappa shape index (κ3) is 5.39. The Bertz CT molecular complexity index is 1050. The molecule has 154 valence electrons. The van der Waals surface area contributed by atoms with Crippen molar-refractivity contribution in [3.05, 3.63) is 99.6 Å². The average Bonchev–Trinajstić information content (AvgIpc) is 2.74. The van der Waals surface area contributed by atoms with Gasteiger partial charge in [-0.1, -0.05) is 47.5 Å². The number of ether oxygens (including phenoxy) is 1. The van der Waals surface area contributed by atoms with Crippen LogP contribution in [0.1, 0.15) is 50.4 Å². The molecule has 0 aliphatic carbocycles. The van der Waals surface area contributed by atoms with Crippen molar-refractivity contribution in [2.75, 3.05) is 0 Å². The molecule has 3 aromatic rings. The summed E-state index contributed by atoms with van der Waals surface area (Å²) in [5.41, 5.74) is 3.28. The van der Waals surface area contributed by atoms with Crippen molar-refractivity contribution in [1.82, 2.24) is 5.32 Å². The van der Waals surface area contributed by atoms with E-state index in [1.165, 1.54) is 12.1 Å². The quantitative estimate of drug-likeness (QED) is 0.532. The van der Waals surface area contributed by atoms with Crippen LogP contribution in [0.4, 0.5) is 0 Å². The number of carbonyl (C=O) groups is 2. The first-order chi connectivity index (χ1) is 14.3. The average molecular weight is 424 g/mol. The maximum atomic E-state index is 12.9. The third-order valence-electron chi connectivity index (χ3n) is 4.74. The van der Waals surface area contributed by atoms with Gasteiger partial charge in [-0.2, -0.15) is 0 Å². The highest BCUT2D eigenvalue weighted by Gasteiger charge is 2.16. The summed E-state index contributed by atoms with van der Waals surface area (Å²) >= 11 is 6.12. The highest BCUT2D eigenvalue weighted by Crippen LogP contribution is 2.21. The molecule has 3 rings (SSSR count). The SMILES string of the molecule is Cc1ccc(OCc2ccc(Cl)cc2C(=O)N[C@@H](C)c2ccc(C(=O)O)cc2)cc1. The molecule has 0 aliphatic heterocycles. The van der Waals surface area contributed by atoms with Crippen molar-refractivity contribution in [2.24, 2.45) is 0 Å². The van der Waals surface area contributed by atoms with E-state index in [0.29, 0.717) is 21.9 Å². The minimum absolute atomic E-state index is 0.197. The van der Waals surface area contributed by atoms with Crippen molar-refractivity contribution in [1.29, 1.82) is 0 Å². The molecule has 0 bridgehead atoms. The molecule has 0 aliphatic rings. The Hall–Kier alpha value is -3.31. The van der Waals surface area contributed by atoms with Crippen LogP contribution in [0.2, 0.25) is 5.02 Å². The molecule has 30 heavy (non-hydrogen) atoms. The fourth-order valence-electron chi connectivity index (χ4n) is 2.95. The molecule has 0 radical (unpaired) electrons. The Morgan fingerprint density at radius 2 is 1.70 bits per heavy atom. The van der Waals surface area contributed by atoms with Crippen LogP contribution in [-0.4, -0.2) is 17.0 Å². The van der Waals surface area contributed by atoms with E-state index in [1.54, 1.807) is 30.3 Å². The molecule has 1 amide bonds. The lowest BCUT2D eigenvalue weighted by Crippen LogP contribution is -2.27. The number of aryl methyl sites for hydroxylation is 1. The number of nitrogens with one attached hydrogen (secondary N) is 1. The van der Waals surface area contributed by atoms with E-state index in [2.05, 4.69) is 5.32 Å². The summed E-state index contributed by atoms with van der Waals surface area (Å²) in [6, 6.07) is 18.9. The number of hydrogen-bond acceptors (Lipinski definition) is 3. The fraction of sp³-hybridized carbons (Fsp3) is 0.167. The van der Waals surface area contributed by atoms with Gasteiger partial charge in [-0.15, -0.1) is 0 Å². The Morgan fingerprint density at radius 1 is 1.03 bits per heavy atom. The summed E-state index contributed by atoms with van der Waals surface area (Å²) in [5, 5.41) is 12.4. The van der Waals surface area contributed by atoms with Gasteiger partial charge in [-0.25, -0.2) is 4.79 Å². The smallest absolute Gasteiger partial charge is 0.335 e. The zero-order chi connectivity index (χ0) is 21.7. The van der Waals surface area contributed by atoms with Crippen molar-refractivity contribution < 1.29 is 19.4 Å². The summed E-state index contributed by atoms with van der Waals surface area (Å²) in [7, 11) is 0. The maximum absolute atomic E-state index is 12.9. The molecule has 3 aromatic carbocycles. The van der Waals surface area contributed by atoms with Gasteiger partial charge in [0.25, 0.3) is 5.91 Å². The minimum Gasteiger partial charge on any atom is -0.489 e. The normalized spacial score (nSPS) is 11.6. The van der Waals surface area contributed by atoms with Crippen LogP contribution in [0.25, 0.3) is 0 Å². The van der Waals surface area contributed by atoms with Crippen LogP contribution in [0, 0.1) is 6.92 Å². The molecule has 0 fully saturated rings. The number of carbonyl (C=O) groups excluding carboxylic acids is 1. The first-order valence-electron chi connectivity index (χ1n) is 9.45. The molecule has 0 spiro atoms. The van der Waals surface area contributed by atoms with E-state index in [1.807, 2.05) is 38.1 Å². The van der Waals surface area contributed by atoms with E-state index in [9.17, 15) is 9.59 Å². The van der Waals surface area contributed by atoms with Gasteiger partial charge in [0, 0.05) is 16.1 Å². The topological polar surface area (TPSA) is 75.6 Å². The summed E-state index contributed by atoms with van der Waals surface area (Å²) in [4.78, 5) is 23.9. The lowest BCUT2D eigenvalue weighted by molar-refractivity contribution is 0.0696. The number of aromatic carboxylic acids is 1. The number of rotatable bonds is 7. The number of benzene rings is 3. The lowest BCUT2D eigenvalue weighted by Gasteiger charge is -2.17. The first kappa shape index (κ1) is 21.4. The predicted octanol–water partition coefficient (Wildman–Crippen LogP) is 5.42. The molecule has 6 heteroatoms. The van der Waals surface area contributed by atoms with Gasteiger partial charge < -0.3 is 15.2 Å². The summed E-state index contributed by atoms with van der Waals surface area (Å²) in [6.45, 7) is 4.06. The van der Waals surface area contributed by atoms with Gasteiger partial charge in [0.1, 0.15) is 12.4 Å². The zero-order valence-electron chi connectivity index (χ0n) is 16.7. The summed E-state index contributed by atoms with van der Waals surface area (Å²) in [5.74, 6) is -0.556. The molecular formula is C24H22ClNO4. The Labute approximate surface area is 180 Å². The van der Waals surface area contributed by atoms with Gasteiger partial charge in [-0.05, 0) is 55.8 Å². The molecule has 1 atom stereocenters. The minimum atomic E-state index is -0.990. The summed E-state index contributed by atoms with van der Waals surface area (Å²) < 4.78 is 5.82. The molecule has 5 nitrogen and oxygen atoms in total. The Kier molecular flexibility index (Phi) is 6.75. The van der Waals surface area contributed by atoms with E-state index < -0.39 is 5.97 Å². The lowest BCUT2D eigenvalue weighted by atomic mass is 10.0. The highest BCUT2D eigenvalue weighted by molar-refractivity contribution is 6.31. The van der Waals surface area contributed by atoms with Crippen LogP contribution in [-0.2, 0) is 6.61 Å². The molecule has 0 aromatic heterocycles. The van der Waals surface area contributed by atoms with Gasteiger partial charge in [0.05, 0.1) is 11.6 Å². The molecule has 0 saturated carbocycles. The van der Waals surface area contributed by atoms with Crippen molar-refractivity contribution in [3.63, 3.8) is 0 Å². The second kappa shape index (κ2) is 9.46. The number of halogens is 1. The van der Waals surface area contributed by atoms with Crippen LogP contribution >= 0.6 is 11.6 Å². The number of amides is 1. The fourth-order valence-corrected chi connectivity index (χ4v) is 3.13. The van der Waals surface area contributed by atoms with Crippen LogP contribution < -0.4 is 10.1 Å². The summed E-state index contributed by atoms with van der Waals surface area (Å²) in [6.07, 6.45) is 0. The molecule has 0 saturated heterocycles. The molecule has 2 N–H and O–H groups in total. The second-order valence-electron chi connectivity index (χ2n) is 7.03. The van der Waals surface area contributed by atoms with Crippen LogP contribution in [0.5, 0.6) is 5.75 Å². The van der Waals surface area contributed by atoms with E-state index >= 15 is 0 Å². The monoisotopic (exact) mass is 423 g/mol. The van der Waals surface area contributed by atoms with Crippen LogP contribution in [0.15, 0.2) is 66.7 Å². The second-order valence-corrected chi connectivity index (χ2v) is 7.46. The molecule has 0 heterocycles. The first-order valence-corrected chi connectivity index (χ1v) is 9.83. The number of carboxylic acid groups (broad SMARTS) is 1. The van der Waals surface area contributed by atoms with Crippen LogP contribution in [0.3, 0.4) is 0 Å². The third-order valence-corrected chi connectivity index (χ3v) is 4.97. The van der Waals surface area contributed by atoms with E-state index in [-0.39, 0.29) is 24.1 Å². The standard InChI is InChI=1S/C24H22ClNO4/c1-15-3-11-21(12-4-15)30-14-19-9-10-20(25)13-22(19)23(27)26-16(2)17-5-7-18(8-6-17)24(28)29/h3-13,16H,14H2,1-2H3,(H,26,27)(H,28,29)/t16-/m0/s1. The van der Waals surface area contributed by atoms with E-state index in [0.717, 1.165) is 11.1 Å². The molecule has 0 unspecified atom stereocenters. The number of hydrogen-bond donors (Lipinski definition) is 2. The van der Waals surface area contributed by atoms with Gasteiger partial charge >= 0.3 is 5.97 Å². The van der Waals surface area contributed by atoms with Gasteiger partial charge in [-0.3, -0.25) is 4.79 Å². The van der Waals surface area contributed by atoms with Crippen molar-refractivity contribution in [2.45, 2.75) is 26.5 Å². The zero-order valence-corrected chi connectivity index (χ0v) is 17.4. The molecular weight excluding hydrogens is 402 g/mol.